The molecule has 1 aliphatic rings. The van der Waals surface area contributed by atoms with Crippen molar-refractivity contribution in [3.63, 3.8) is 0 Å². The van der Waals surface area contributed by atoms with Crippen molar-refractivity contribution < 1.29 is 96.4 Å². The van der Waals surface area contributed by atoms with E-state index in [-0.39, 0.29) is 45.5 Å². The molecule has 60 heavy (non-hydrogen) atoms. The predicted octanol–water partition coefficient (Wildman–Crippen LogP) is 0.0778. The summed E-state index contributed by atoms with van der Waals surface area (Å²) in [5, 5.41) is 23.7. The largest absolute Gasteiger partial charge is 0.481 e. The van der Waals surface area contributed by atoms with E-state index in [2.05, 4.69) is 54.3 Å². The molecular formula is C36H42N4O20. The number of hydrogen-bond acceptors (Lipinski definition) is 20. The Balaban J connectivity index is 0.000000458. The lowest BCUT2D eigenvalue weighted by atomic mass is 10.0. The molecule has 0 bridgehead atoms. The van der Waals surface area contributed by atoms with Crippen molar-refractivity contribution in [2.45, 2.75) is 37.8 Å². The number of carboxylic acid groups (broad SMARTS) is 1. The van der Waals surface area contributed by atoms with Crippen LogP contribution >= 0.6 is 0 Å². The van der Waals surface area contributed by atoms with E-state index in [1.165, 1.54) is 33.5 Å². The van der Waals surface area contributed by atoms with Gasteiger partial charge < -0.3 is 54.2 Å². The Morgan fingerprint density at radius 3 is 1.48 bits per heavy atom. The summed E-state index contributed by atoms with van der Waals surface area (Å²) >= 11 is 0. The molecule has 2 aromatic carbocycles. The maximum Gasteiger partial charge on any atom is 0.407 e. The molecule has 0 radical (unpaired) electrons. The second-order valence-electron chi connectivity index (χ2n) is 11.5. The predicted molar refractivity (Wildman–Crippen MR) is 197 cm³/mol. The van der Waals surface area contributed by atoms with E-state index in [9.17, 15) is 47.9 Å². The van der Waals surface area contributed by atoms with Crippen LogP contribution in [0, 0.1) is 0 Å². The van der Waals surface area contributed by atoms with Gasteiger partial charge in [0.25, 0.3) is 0 Å². The van der Waals surface area contributed by atoms with Crippen LogP contribution in [0.4, 0.5) is 21.0 Å². The molecule has 326 valence electrons. The van der Waals surface area contributed by atoms with E-state index in [1.807, 2.05) is 0 Å². The lowest BCUT2D eigenvalue weighted by Crippen LogP contribution is -2.53. The first-order valence-corrected chi connectivity index (χ1v) is 16.9. The normalized spacial score (nSPS) is 13.5. The number of ether oxygens (including phenoxy) is 7. The smallest absolute Gasteiger partial charge is 0.407 e. The number of alkyl carbamates (subject to hydrolysis) is 2. The Kier molecular flexibility index (Phi) is 23.2. The zero-order valence-electron chi connectivity index (χ0n) is 32.8. The molecule has 3 amide bonds. The summed E-state index contributed by atoms with van der Waals surface area (Å²) in [7, 11) is 5.98. The molecule has 0 aliphatic carbocycles. The summed E-state index contributed by atoms with van der Waals surface area (Å²) in [5.41, 5.74) is 2.83. The Morgan fingerprint density at radius 1 is 0.667 bits per heavy atom. The summed E-state index contributed by atoms with van der Waals surface area (Å²) in [6, 6.07) is 6.72. The number of carbonyl (C=O) groups excluding carboxylic acids is 9. The number of cyclic esters (lactones) is 2. The van der Waals surface area contributed by atoms with Crippen molar-refractivity contribution in [1.29, 1.82) is 0 Å². The molecule has 1 heterocycles. The zero-order chi connectivity index (χ0) is 45.2. The maximum absolute atomic E-state index is 11.8. The molecule has 2 unspecified atom stereocenters. The highest BCUT2D eigenvalue weighted by atomic mass is 17.1. The van der Waals surface area contributed by atoms with Crippen molar-refractivity contribution in [1.82, 2.24) is 10.6 Å². The van der Waals surface area contributed by atoms with E-state index in [0.29, 0.717) is 33.6 Å². The summed E-state index contributed by atoms with van der Waals surface area (Å²) in [5.74, 6) is -4.79. The highest BCUT2D eigenvalue weighted by Gasteiger charge is 2.46. The number of carbonyl (C=O) groups is 9. The number of hydrogen-bond donors (Lipinski definition) is 5. The second-order valence-corrected chi connectivity index (χ2v) is 11.5. The number of aliphatic imine (C=N–C) groups is 1. The monoisotopic (exact) mass is 850 g/mol. The third-order valence-electron chi connectivity index (χ3n) is 7.14. The van der Waals surface area contributed by atoms with E-state index in [0.717, 1.165) is 14.2 Å². The highest BCUT2D eigenvalue weighted by Crippen LogP contribution is 2.20. The average Bonchev–Trinajstić information content (AvgIpc) is 3.46. The molecular weight excluding hydrogens is 808 g/mol. The Hall–Kier alpha value is -7.27. The van der Waals surface area contributed by atoms with E-state index in [4.69, 9.17) is 15.1 Å². The van der Waals surface area contributed by atoms with Crippen LogP contribution in [0.3, 0.4) is 0 Å². The lowest BCUT2D eigenvalue weighted by Gasteiger charge is -2.14. The van der Waals surface area contributed by atoms with Gasteiger partial charge in [-0.1, -0.05) is 12.1 Å². The summed E-state index contributed by atoms with van der Waals surface area (Å²) in [4.78, 5) is 118. The number of carboxylic acids is 1. The molecule has 5 N–H and O–H groups in total. The summed E-state index contributed by atoms with van der Waals surface area (Å²) < 4.78 is 31.4. The van der Waals surface area contributed by atoms with Gasteiger partial charge >= 0.3 is 48.0 Å². The first-order chi connectivity index (χ1) is 28.5. The molecule has 1 saturated heterocycles. The minimum atomic E-state index is -1.34. The lowest BCUT2D eigenvalue weighted by molar-refractivity contribution is -0.248. The maximum atomic E-state index is 11.8. The number of anilines is 1. The van der Waals surface area contributed by atoms with Crippen LogP contribution < -0.4 is 16.0 Å². The standard InChI is InChI=1S/C15H19NO8.C13H13NO5.C8H10N2O7/c1-22-15(20)8-11-4-10(7-14(18)19)5-12(6-11)16-13(17)9-23-2-3-24-21;1-18-12(16)6-9-3-10(7-13(17)19-2)5-11(4-9)14-8-15;1-15-7(13)9-3-4(10-8(14)16-2)6(12)17-5(3)11/h4-6,21H,2-3,7-9H2,1H3,(H,16,17)(H,18,19);3-5H,6-7H2,1-2H3;3-4H,1-2H3,(H,9,13)(H,10,14). The Morgan fingerprint density at radius 2 is 1.10 bits per heavy atom. The molecule has 2 aromatic rings. The molecule has 0 aromatic heterocycles. The quantitative estimate of drug-likeness (QED) is 0.0206. The van der Waals surface area contributed by atoms with E-state index >= 15 is 0 Å². The van der Waals surface area contributed by atoms with Crippen molar-refractivity contribution in [2.75, 3.05) is 60.7 Å². The van der Waals surface area contributed by atoms with Gasteiger partial charge in [0.1, 0.15) is 13.2 Å². The third-order valence-corrected chi connectivity index (χ3v) is 7.14. The van der Waals surface area contributed by atoms with Gasteiger partial charge in [0.2, 0.25) is 12.0 Å². The number of aliphatic carboxylic acids is 1. The Labute approximate surface area is 340 Å². The van der Waals surface area contributed by atoms with Crippen LogP contribution in [0.5, 0.6) is 0 Å². The third kappa shape index (κ3) is 19.7. The minimum absolute atomic E-state index is 0.0346. The van der Waals surface area contributed by atoms with Crippen molar-refractivity contribution in [3.8, 4) is 0 Å². The Bertz CT molecular complexity index is 1840. The first kappa shape index (κ1) is 50.7. The summed E-state index contributed by atoms with van der Waals surface area (Å²) in [6.45, 7) is -0.292. The number of nitrogens with zero attached hydrogens (tertiary/aromatic N) is 1. The number of amides is 3. The SMILES string of the molecule is COC(=O)Cc1cc(CC(=O)O)cc(NC(=O)COCCOO)c1.COC(=O)Cc1cc(CC(=O)OC)cc(N=C=O)c1.COC(=O)NC1C(=O)OC(=O)C1NC(=O)OC. The van der Waals surface area contributed by atoms with Crippen LogP contribution in [0.25, 0.3) is 0 Å². The van der Waals surface area contributed by atoms with Gasteiger partial charge in [0.15, 0.2) is 12.1 Å². The molecule has 0 saturated carbocycles. The first-order valence-electron chi connectivity index (χ1n) is 16.9. The van der Waals surface area contributed by atoms with E-state index in [1.54, 1.807) is 30.3 Å². The van der Waals surface area contributed by atoms with Crippen molar-refractivity contribution in [3.05, 3.63) is 58.7 Å². The van der Waals surface area contributed by atoms with Gasteiger partial charge in [-0.2, -0.15) is 4.99 Å². The van der Waals surface area contributed by atoms with E-state index < -0.39 is 66.0 Å². The van der Waals surface area contributed by atoms with Crippen LogP contribution in [0.15, 0.2) is 41.4 Å². The molecule has 2 atom stereocenters. The van der Waals surface area contributed by atoms with Gasteiger partial charge in [0, 0.05) is 5.69 Å². The molecule has 0 spiro atoms. The molecule has 3 rings (SSSR count). The number of esters is 5. The van der Waals surface area contributed by atoms with Gasteiger partial charge in [-0.3, -0.25) is 29.2 Å². The second kappa shape index (κ2) is 27.4. The van der Waals surface area contributed by atoms with Gasteiger partial charge in [-0.05, 0) is 46.5 Å². The molecule has 24 nitrogen and oxygen atoms in total. The fraction of sp³-hybridized carbons (Fsp3) is 0.389. The molecule has 24 heteroatoms. The van der Waals surface area contributed by atoms with Crippen LogP contribution in [0.1, 0.15) is 22.3 Å². The minimum Gasteiger partial charge on any atom is -0.481 e. The average molecular weight is 851 g/mol. The van der Waals surface area contributed by atoms with Crippen LogP contribution in [-0.2, 0) is 102 Å². The highest BCUT2D eigenvalue weighted by molar-refractivity contribution is 6.03. The number of rotatable bonds is 17. The zero-order valence-corrected chi connectivity index (χ0v) is 32.8. The van der Waals surface area contributed by atoms with Gasteiger partial charge in [-0.15, -0.1) is 0 Å². The fourth-order valence-corrected chi connectivity index (χ4v) is 4.61. The molecule has 1 aliphatic heterocycles. The number of nitrogens with one attached hydrogen (secondary N) is 3. The van der Waals surface area contributed by atoms with Crippen LogP contribution in [-0.4, -0.2) is 138 Å². The number of isocyanates is 1. The number of methoxy groups -OCH3 is 5. The van der Waals surface area contributed by atoms with Crippen LogP contribution in [0.2, 0.25) is 0 Å². The van der Waals surface area contributed by atoms with Gasteiger partial charge in [0.05, 0.1) is 73.5 Å². The van der Waals surface area contributed by atoms with Crippen molar-refractivity contribution in [2.24, 2.45) is 4.99 Å². The fourth-order valence-electron chi connectivity index (χ4n) is 4.61. The van der Waals surface area contributed by atoms with Gasteiger partial charge in [-0.25, -0.2) is 28.9 Å². The summed E-state index contributed by atoms with van der Waals surface area (Å²) in [6.07, 6.45) is -0.672. The molecule has 1 fully saturated rings. The topological polar surface area (TPSA) is 333 Å². The van der Waals surface area contributed by atoms with Crippen molar-refractivity contribution >= 4 is 71.4 Å². The number of benzene rings is 2.